The summed E-state index contributed by atoms with van der Waals surface area (Å²) in [5, 5.41) is 4.51. The molecule has 1 amide bonds. The van der Waals surface area contributed by atoms with Crippen molar-refractivity contribution in [3.8, 4) is 5.75 Å². The standard InChI is InChI=1S/C20H20N2O4S/c1-21-20(23)18-12-16(10-11-19(18)26-2)27(24,25)22-13-15-8-5-7-14-6-3-4-9-17(14)15/h3-12,22H,13H2,1-2H3,(H,21,23). The van der Waals surface area contributed by atoms with Gasteiger partial charge in [-0.05, 0) is 34.5 Å². The van der Waals surface area contributed by atoms with Crippen LogP contribution in [0.1, 0.15) is 15.9 Å². The van der Waals surface area contributed by atoms with Gasteiger partial charge in [0.15, 0.2) is 0 Å². The van der Waals surface area contributed by atoms with Crippen LogP contribution in [-0.4, -0.2) is 28.5 Å². The molecule has 3 aromatic rings. The minimum atomic E-state index is -3.80. The van der Waals surface area contributed by atoms with Gasteiger partial charge >= 0.3 is 0 Å². The molecule has 0 aliphatic heterocycles. The normalized spacial score (nSPS) is 11.3. The Balaban J connectivity index is 1.90. The Bertz CT molecular complexity index is 1090. The number of carbonyl (C=O) groups excluding carboxylic acids is 1. The molecule has 0 aliphatic rings. The zero-order chi connectivity index (χ0) is 19.4. The maximum atomic E-state index is 12.7. The van der Waals surface area contributed by atoms with Crippen molar-refractivity contribution in [1.29, 1.82) is 0 Å². The van der Waals surface area contributed by atoms with Crippen LogP contribution in [0.2, 0.25) is 0 Å². The summed E-state index contributed by atoms with van der Waals surface area (Å²) in [5.74, 6) is -0.111. The zero-order valence-corrected chi connectivity index (χ0v) is 15.8. The van der Waals surface area contributed by atoms with Crippen LogP contribution in [0.3, 0.4) is 0 Å². The van der Waals surface area contributed by atoms with Gasteiger partial charge in [0.25, 0.3) is 5.91 Å². The molecular weight excluding hydrogens is 364 g/mol. The minimum absolute atomic E-state index is 0.00198. The Labute approximate surface area is 158 Å². The Morgan fingerprint density at radius 3 is 2.52 bits per heavy atom. The number of methoxy groups -OCH3 is 1. The smallest absolute Gasteiger partial charge is 0.254 e. The van der Waals surface area contributed by atoms with E-state index in [1.165, 1.54) is 32.4 Å². The van der Waals surface area contributed by atoms with Crippen molar-refractivity contribution >= 4 is 26.7 Å². The Hall–Kier alpha value is -2.90. The van der Waals surface area contributed by atoms with Crippen molar-refractivity contribution in [2.45, 2.75) is 11.4 Å². The fourth-order valence-corrected chi connectivity index (χ4v) is 3.90. The summed E-state index contributed by atoms with van der Waals surface area (Å²) in [6, 6.07) is 17.7. The summed E-state index contributed by atoms with van der Waals surface area (Å²) >= 11 is 0. The molecule has 0 aliphatic carbocycles. The molecule has 0 aromatic heterocycles. The summed E-state index contributed by atoms with van der Waals surface area (Å²) in [5.41, 5.74) is 1.03. The molecule has 0 fully saturated rings. The first-order chi connectivity index (χ1) is 13.0. The van der Waals surface area contributed by atoms with E-state index in [1.807, 2.05) is 42.5 Å². The van der Waals surface area contributed by atoms with E-state index in [0.29, 0.717) is 5.75 Å². The van der Waals surface area contributed by atoms with E-state index in [2.05, 4.69) is 10.0 Å². The molecule has 2 N–H and O–H groups in total. The number of nitrogens with one attached hydrogen (secondary N) is 2. The molecule has 0 saturated carbocycles. The number of hydrogen-bond donors (Lipinski definition) is 2. The molecule has 0 unspecified atom stereocenters. The number of amides is 1. The molecule has 27 heavy (non-hydrogen) atoms. The van der Waals surface area contributed by atoms with Crippen molar-refractivity contribution in [2.24, 2.45) is 0 Å². The highest BCUT2D eigenvalue weighted by atomic mass is 32.2. The lowest BCUT2D eigenvalue weighted by Crippen LogP contribution is -2.24. The van der Waals surface area contributed by atoms with Gasteiger partial charge in [0.1, 0.15) is 5.75 Å². The SMILES string of the molecule is CNC(=O)c1cc(S(=O)(=O)NCc2cccc3ccccc23)ccc1OC. The van der Waals surface area contributed by atoms with Crippen LogP contribution < -0.4 is 14.8 Å². The lowest BCUT2D eigenvalue weighted by Gasteiger charge is -2.12. The van der Waals surface area contributed by atoms with Gasteiger partial charge in [0.05, 0.1) is 17.6 Å². The second-order valence-electron chi connectivity index (χ2n) is 5.90. The van der Waals surface area contributed by atoms with E-state index in [9.17, 15) is 13.2 Å². The maximum Gasteiger partial charge on any atom is 0.254 e. The summed E-state index contributed by atoms with van der Waals surface area (Å²) in [6.07, 6.45) is 0. The number of hydrogen-bond acceptors (Lipinski definition) is 4. The zero-order valence-electron chi connectivity index (χ0n) is 15.0. The summed E-state index contributed by atoms with van der Waals surface area (Å²) in [7, 11) is -0.903. The molecule has 7 heteroatoms. The first kappa shape index (κ1) is 18.9. The first-order valence-corrected chi connectivity index (χ1v) is 9.81. The van der Waals surface area contributed by atoms with Gasteiger partial charge in [0, 0.05) is 13.6 Å². The second-order valence-corrected chi connectivity index (χ2v) is 7.67. The van der Waals surface area contributed by atoms with Crippen LogP contribution in [0.25, 0.3) is 10.8 Å². The van der Waals surface area contributed by atoms with E-state index in [1.54, 1.807) is 0 Å². The molecular formula is C20H20N2O4S. The van der Waals surface area contributed by atoms with Crippen molar-refractivity contribution in [3.63, 3.8) is 0 Å². The lowest BCUT2D eigenvalue weighted by molar-refractivity contribution is 0.0960. The van der Waals surface area contributed by atoms with Gasteiger partial charge in [-0.2, -0.15) is 0 Å². The number of benzene rings is 3. The fraction of sp³-hybridized carbons (Fsp3) is 0.150. The molecule has 140 valence electrons. The van der Waals surface area contributed by atoms with Gasteiger partial charge in [-0.15, -0.1) is 0 Å². The average Bonchev–Trinajstić information content (AvgIpc) is 2.71. The van der Waals surface area contributed by atoms with Gasteiger partial charge in [-0.1, -0.05) is 42.5 Å². The highest BCUT2D eigenvalue weighted by Crippen LogP contribution is 2.23. The molecule has 0 atom stereocenters. The molecule has 0 bridgehead atoms. The van der Waals surface area contributed by atoms with E-state index in [4.69, 9.17) is 4.74 Å². The first-order valence-electron chi connectivity index (χ1n) is 8.32. The van der Waals surface area contributed by atoms with Crippen molar-refractivity contribution in [3.05, 3.63) is 71.8 Å². The van der Waals surface area contributed by atoms with Crippen LogP contribution in [0.4, 0.5) is 0 Å². The molecule has 0 heterocycles. The predicted molar refractivity (Wildman–Crippen MR) is 104 cm³/mol. The van der Waals surface area contributed by atoms with Gasteiger partial charge in [-0.3, -0.25) is 4.79 Å². The number of carbonyl (C=O) groups is 1. The second kappa shape index (κ2) is 7.77. The Kier molecular flexibility index (Phi) is 5.43. The van der Waals surface area contributed by atoms with Crippen LogP contribution in [0.15, 0.2) is 65.6 Å². The molecule has 0 radical (unpaired) electrons. The van der Waals surface area contributed by atoms with Crippen LogP contribution in [0.5, 0.6) is 5.75 Å². The van der Waals surface area contributed by atoms with Gasteiger partial charge in [-0.25, -0.2) is 13.1 Å². The third-order valence-electron chi connectivity index (χ3n) is 4.29. The average molecular weight is 384 g/mol. The largest absolute Gasteiger partial charge is 0.496 e. The summed E-state index contributed by atoms with van der Waals surface area (Å²) < 4.78 is 33.2. The topological polar surface area (TPSA) is 84.5 Å². The van der Waals surface area contributed by atoms with Crippen molar-refractivity contribution < 1.29 is 17.9 Å². The van der Waals surface area contributed by atoms with Crippen molar-refractivity contribution in [2.75, 3.05) is 14.2 Å². The predicted octanol–water partition coefficient (Wildman–Crippen LogP) is 2.69. The fourth-order valence-electron chi connectivity index (χ4n) is 2.87. The van der Waals surface area contributed by atoms with Crippen LogP contribution in [0, 0.1) is 0 Å². The number of fused-ring (bicyclic) bond motifs is 1. The lowest BCUT2D eigenvalue weighted by atomic mass is 10.1. The van der Waals surface area contributed by atoms with Crippen molar-refractivity contribution in [1.82, 2.24) is 10.0 Å². The number of ether oxygens (including phenoxy) is 1. The third-order valence-corrected chi connectivity index (χ3v) is 5.68. The maximum absolute atomic E-state index is 12.7. The van der Waals surface area contributed by atoms with E-state index in [0.717, 1.165) is 16.3 Å². The number of sulfonamides is 1. The van der Waals surface area contributed by atoms with Crippen LogP contribution in [-0.2, 0) is 16.6 Å². The summed E-state index contributed by atoms with van der Waals surface area (Å²) in [6.45, 7) is 0.144. The minimum Gasteiger partial charge on any atom is -0.496 e. The van der Waals surface area contributed by atoms with Gasteiger partial charge in [0.2, 0.25) is 10.0 Å². The van der Waals surface area contributed by atoms with E-state index >= 15 is 0 Å². The molecule has 3 aromatic carbocycles. The molecule has 0 saturated heterocycles. The molecule has 0 spiro atoms. The number of rotatable bonds is 6. The highest BCUT2D eigenvalue weighted by Gasteiger charge is 2.19. The van der Waals surface area contributed by atoms with Gasteiger partial charge < -0.3 is 10.1 Å². The van der Waals surface area contributed by atoms with Crippen LogP contribution >= 0.6 is 0 Å². The van der Waals surface area contributed by atoms with E-state index < -0.39 is 15.9 Å². The third kappa shape index (κ3) is 3.94. The Morgan fingerprint density at radius 1 is 1.04 bits per heavy atom. The highest BCUT2D eigenvalue weighted by molar-refractivity contribution is 7.89. The Morgan fingerprint density at radius 2 is 1.78 bits per heavy atom. The quantitative estimate of drug-likeness (QED) is 0.684. The van der Waals surface area contributed by atoms with E-state index in [-0.39, 0.29) is 17.0 Å². The molecule has 6 nitrogen and oxygen atoms in total. The molecule has 3 rings (SSSR count). The summed E-state index contributed by atoms with van der Waals surface area (Å²) in [4.78, 5) is 12.0. The monoisotopic (exact) mass is 384 g/mol.